The van der Waals surface area contributed by atoms with Crippen LogP contribution in [-0.4, -0.2) is 52.9 Å². The molecule has 3 N–H and O–H groups in total. The minimum absolute atomic E-state index is 0.0636. The molecule has 1 spiro atoms. The molecule has 1 aliphatic carbocycles. The molecular weight excluding hydrogens is 352 g/mol. The third-order valence-corrected chi connectivity index (χ3v) is 6.06. The Bertz CT molecular complexity index is 920. The van der Waals surface area contributed by atoms with E-state index in [1.807, 2.05) is 19.0 Å². The summed E-state index contributed by atoms with van der Waals surface area (Å²) < 4.78 is 0. The first-order chi connectivity index (χ1) is 12.4. The summed E-state index contributed by atoms with van der Waals surface area (Å²) in [7, 11) is 3.71. The maximum Gasteiger partial charge on any atom is 0.273 e. The highest BCUT2D eigenvalue weighted by Crippen LogP contribution is 2.43. The molecule has 1 saturated heterocycles. The predicted molar refractivity (Wildman–Crippen MR) is 101 cm³/mol. The lowest BCUT2D eigenvalue weighted by molar-refractivity contribution is 0.0628. The predicted octanol–water partition coefficient (Wildman–Crippen LogP) is 0.995. The molecule has 0 saturated carbocycles. The van der Waals surface area contributed by atoms with Gasteiger partial charge in [-0.25, -0.2) is 9.97 Å². The summed E-state index contributed by atoms with van der Waals surface area (Å²) in [6.45, 7) is 1.26. The molecule has 4 rings (SSSR count). The zero-order valence-electron chi connectivity index (χ0n) is 14.9. The molecule has 138 valence electrons. The molecule has 2 aromatic heterocycles. The number of piperidine rings is 1. The molecular formula is C17H22N6O2S. The van der Waals surface area contributed by atoms with Crippen LogP contribution in [0, 0.1) is 0 Å². The molecule has 1 unspecified atom stereocenters. The van der Waals surface area contributed by atoms with Gasteiger partial charge in [0, 0.05) is 43.5 Å². The number of rotatable bonds is 2. The molecule has 2 aromatic rings. The molecule has 2 aliphatic rings. The fourth-order valence-corrected chi connectivity index (χ4v) is 4.64. The first-order valence-corrected chi connectivity index (χ1v) is 9.59. The van der Waals surface area contributed by atoms with Crippen LogP contribution in [0.25, 0.3) is 0 Å². The molecule has 1 fully saturated rings. The summed E-state index contributed by atoms with van der Waals surface area (Å²) in [5.41, 5.74) is 7.39. The van der Waals surface area contributed by atoms with Crippen LogP contribution in [0.5, 0.6) is 0 Å². The van der Waals surface area contributed by atoms with E-state index in [9.17, 15) is 9.59 Å². The smallest absolute Gasteiger partial charge is 0.273 e. The van der Waals surface area contributed by atoms with E-state index in [4.69, 9.17) is 10.7 Å². The SMILES string of the molecule is CN(C)c1nc2c(c(=O)[nH]1)CCC21CCCN(C(=O)c2csc(N)n2)C1. The van der Waals surface area contributed by atoms with Gasteiger partial charge in [0.15, 0.2) is 5.13 Å². The average Bonchev–Trinajstić information content (AvgIpc) is 3.19. The number of nitrogens with zero attached hydrogens (tertiary/aromatic N) is 4. The number of anilines is 2. The number of fused-ring (bicyclic) bond motifs is 2. The van der Waals surface area contributed by atoms with Crippen LogP contribution >= 0.6 is 11.3 Å². The maximum atomic E-state index is 12.8. The lowest BCUT2D eigenvalue weighted by atomic mass is 9.77. The summed E-state index contributed by atoms with van der Waals surface area (Å²) in [6, 6.07) is 0. The first kappa shape index (κ1) is 17.0. The number of likely N-dealkylation sites (tertiary alicyclic amines) is 1. The number of aromatic amines is 1. The fourth-order valence-electron chi connectivity index (χ4n) is 4.10. The van der Waals surface area contributed by atoms with Gasteiger partial charge in [0.2, 0.25) is 5.95 Å². The number of nitrogens with one attached hydrogen (secondary N) is 1. The number of aromatic nitrogens is 3. The minimum Gasteiger partial charge on any atom is -0.375 e. The molecule has 1 aliphatic heterocycles. The Morgan fingerprint density at radius 2 is 2.19 bits per heavy atom. The van der Waals surface area contributed by atoms with Crippen molar-refractivity contribution in [1.82, 2.24) is 19.9 Å². The van der Waals surface area contributed by atoms with Gasteiger partial charge in [-0.1, -0.05) is 0 Å². The van der Waals surface area contributed by atoms with Crippen LogP contribution in [-0.2, 0) is 11.8 Å². The Hall–Kier alpha value is -2.42. The van der Waals surface area contributed by atoms with E-state index in [-0.39, 0.29) is 16.9 Å². The van der Waals surface area contributed by atoms with Gasteiger partial charge >= 0.3 is 0 Å². The molecule has 8 nitrogen and oxygen atoms in total. The van der Waals surface area contributed by atoms with Crippen molar-refractivity contribution in [1.29, 1.82) is 0 Å². The van der Waals surface area contributed by atoms with Crippen molar-refractivity contribution in [3.05, 3.63) is 32.7 Å². The molecule has 0 bridgehead atoms. The van der Waals surface area contributed by atoms with Crippen molar-refractivity contribution in [2.75, 3.05) is 37.8 Å². The van der Waals surface area contributed by atoms with E-state index >= 15 is 0 Å². The third kappa shape index (κ3) is 2.66. The van der Waals surface area contributed by atoms with Gasteiger partial charge in [-0.15, -0.1) is 11.3 Å². The standard InChI is InChI=1S/C17H22N6O2S/c1-22(2)16-20-12-10(13(24)21-16)4-6-17(12)5-3-7-23(9-17)14(25)11-8-26-15(18)19-11/h8H,3-7,9H2,1-2H3,(H2,18,19)(H,20,21,24). The Kier molecular flexibility index (Phi) is 3.98. The quantitative estimate of drug-likeness (QED) is 0.812. The molecule has 0 radical (unpaired) electrons. The van der Waals surface area contributed by atoms with E-state index in [1.165, 1.54) is 11.3 Å². The molecule has 1 atom stereocenters. The number of hydrogen-bond acceptors (Lipinski definition) is 7. The normalized spacial score (nSPS) is 21.8. The van der Waals surface area contributed by atoms with Gasteiger partial charge in [-0.3, -0.25) is 14.6 Å². The van der Waals surface area contributed by atoms with Crippen molar-refractivity contribution in [3.63, 3.8) is 0 Å². The van der Waals surface area contributed by atoms with E-state index in [0.717, 1.165) is 30.5 Å². The summed E-state index contributed by atoms with van der Waals surface area (Å²) >= 11 is 1.27. The average molecular weight is 374 g/mol. The van der Waals surface area contributed by atoms with Gasteiger partial charge in [0.05, 0.1) is 5.69 Å². The summed E-state index contributed by atoms with van der Waals surface area (Å²) in [4.78, 5) is 40.7. The van der Waals surface area contributed by atoms with Crippen molar-refractivity contribution in [2.45, 2.75) is 31.1 Å². The summed E-state index contributed by atoms with van der Waals surface area (Å²) in [5, 5.41) is 2.10. The second-order valence-electron chi connectivity index (χ2n) is 7.29. The number of thiazole rings is 1. The Balaban J connectivity index is 1.69. The second kappa shape index (κ2) is 6.08. The zero-order valence-corrected chi connectivity index (χ0v) is 15.7. The molecule has 26 heavy (non-hydrogen) atoms. The van der Waals surface area contributed by atoms with E-state index < -0.39 is 0 Å². The number of H-pyrrole nitrogens is 1. The van der Waals surface area contributed by atoms with Gasteiger partial charge < -0.3 is 15.5 Å². The highest BCUT2D eigenvalue weighted by atomic mass is 32.1. The van der Waals surface area contributed by atoms with Crippen LogP contribution in [0.15, 0.2) is 10.2 Å². The van der Waals surface area contributed by atoms with Crippen LogP contribution in [0.2, 0.25) is 0 Å². The van der Waals surface area contributed by atoms with Gasteiger partial charge in [-0.2, -0.15) is 0 Å². The largest absolute Gasteiger partial charge is 0.375 e. The topological polar surface area (TPSA) is 108 Å². The van der Waals surface area contributed by atoms with Crippen LogP contribution in [0.4, 0.5) is 11.1 Å². The number of carbonyl (C=O) groups is 1. The molecule has 3 heterocycles. The number of nitrogen functional groups attached to an aromatic ring is 1. The highest BCUT2D eigenvalue weighted by molar-refractivity contribution is 7.13. The van der Waals surface area contributed by atoms with E-state index in [0.29, 0.717) is 36.3 Å². The van der Waals surface area contributed by atoms with Crippen molar-refractivity contribution in [3.8, 4) is 0 Å². The minimum atomic E-state index is -0.246. The number of hydrogen-bond donors (Lipinski definition) is 2. The van der Waals surface area contributed by atoms with Crippen molar-refractivity contribution < 1.29 is 4.79 Å². The lowest BCUT2D eigenvalue weighted by Crippen LogP contribution is -2.48. The van der Waals surface area contributed by atoms with Gasteiger partial charge in [0.1, 0.15) is 5.69 Å². The van der Waals surface area contributed by atoms with Crippen LogP contribution in [0.3, 0.4) is 0 Å². The summed E-state index contributed by atoms with van der Waals surface area (Å²) in [5.74, 6) is 0.467. The lowest BCUT2D eigenvalue weighted by Gasteiger charge is -2.40. The summed E-state index contributed by atoms with van der Waals surface area (Å²) in [6.07, 6.45) is 3.37. The van der Waals surface area contributed by atoms with Crippen LogP contribution < -0.4 is 16.2 Å². The molecule has 1 amide bonds. The van der Waals surface area contributed by atoms with Gasteiger partial charge in [0.25, 0.3) is 11.5 Å². The van der Waals surface area contributed by atoms with E-state index in [2.05, 4.69) is 9.97 Å². The van der Waals surface area contributed by atoms with E-state index in [1.54, 1.807) is 10.3 Å². The van der Waals surface area contributed by atoms with Crippen molar-refractivity contribution in [2.24, 2.45) is 0 Å². The maximum absolute atomic E-state index is 12.8. The van der Waals surface area contributed by atoms with Gasteiger partial charge in [-0.05, 0) is 25.7 Å². The highest BCUT2D eigenvalue weighted by Gasteiger charge is 2.46. The number of carbonyl (C=O) groups excluding carboxylic acids is 1. The zero-order chi connectivity index (χ0) is 18.5. The molecule has 0 aromatic carbocycles. The molecule has 9 heteroatoms. The Morgan fingerprint density at radius 3 is 2.88 bits per heavy atom. The van der Waals surface area contributed by atoms with Crippen LogP contribution in [0.1, 0.15) is 41.0 Å². The van der Waals surface area contributed by atoms with Crippen molar-refractivity contribution >= 4 is 28.3 Å². The first-order valence-electron chi connectivity index (χ1n) is 8.71. The number of nitrogens with two attached hydrogens (primary N) is 1. The second-order valence-corrected chi connectivity index (χ2v) is 8.18. The Morgan fingerprint density at radius 1 is 1.38 bits per heavy atom. The number of amides is 1. The Labute approximate surface area is 155 Å². The monoisotopic (exact) mass is 374 g/mol. The third-order valence-electron chi connectivity index (χ3n) is 5.39. The fraction of sp³-hybridized carbons (Fsp3) is 0.529.